The molecular weight excluding hydrogens is 268 g/mol. The minimum atomic E-state index is -1.16. The number of rotatable bonds is 4. The first-order valence-corrected chi connectivity index (χ1v) is 6.55. The molecule has 0 radical (unpaired) electrons. The Balaban J connectivity index is 2.02. The van der Waals surface area contributed by atoms with Gasteiger partial charge in [-0.3, -0.25) is 4.98 Å². The summed E-state index contributed by atoms with van der Waals surface area (Å²) in [5.41, 5.74) is 1.46. The van der Waals surface area contributed by atoms with E-state index < -0.39 is 11.7 Å². The van der Waals surface area contributed by atoms with Crippen LogP contribution in [-0.2, 0) is 21.2 Å². The van der Waals surface area contributed by atoms with Crippen LogP contribution < -0.4 is 5.32 Å². The summed E-state index contributed by atoms with van der Waals surface area (Å²) >= 11 is 0. The molecule has 0 aliphatic carbocycles. The molecule has 2 unspecified atom stereocenters. The van der Waals surface area contributed by atoms with Crippen molar-refractivity contribution in [2.24, 2.45) is 10.2 Å². The van der Waals surface area contributed by atoms with Crippen LogP contribution in [0.2, 0.25) is 0 Å². The van der Waals surface area contributed by atoms with Crippen molar-refractivity contribution >= 4 is 0 Å². The highest BCUT2D eigenvalue weighted by Gasteiger charge is 2.50. The van der Waals surface area contributed by atoms with Crippen molar-refractivity contribution in [1.82, 2.24) is 10.3 Å². The number of ether oxygens (including phenoxy) is 2. The standard InChI is InChI=1S/C15H16N4O2/c1-20-14(12-8-4-3-5-9-12)17-15(21-2,19-18-14)13-10-6-7-11-16-13/h3-11,17H,1-2H3. The molecule has 0 fully saturated rings. The average molecular weight is 284 g/mol. The Morgan fingerprint density at radius 2 is 1.52 bits per heavy atom. The molecule has 2 atom stereocenters. The topological polar surface area (TPSA) is 68.1 Å². The highest BCUT2D eigenvalue weighted by molar-refractivity contribution is 5.25. The number of methoxy groups -OCH3 is 2. The smallest absolute Gasteiger partial charge is 0.283 e. The third-order valence-corrected chi connectivity index (χ3v) is 3.44. The van der Waals surface area contributed by atoms with Crippen molar-refractivity contribution < 1.29 is 9.47 Å². The molecule has 0 spiro atoms. The Morgan fingerprint density at radius 1 is 0.857 bits per heavy atom. The quantitative estimate of drug-likeness (QED) is 0.935. The summed E-state index contributed by atoms with van der Waals surface area (Å²) in [5, 5.41) is 11.8. The molecule has 0 saturated carbocycles. The van der Waals surface area contributed by atoms with Gasteiger partial charge in [0, 0.05) is 26.0 Å². The van der Waals surface area contributed by atoms with E-state index in [1.165, 1.54) is 0 Å². The molecule has 6 heteroatoms. The zero-order valence-corrected chi connectivity index (χ0v) is 11.9. The number of pyridine rings is 1. The molecule has 2 aromatic rings. The summed E-state index contributed by atoms with van der Waals surface area (Å²) in [7, 11) is 3.13. The van der Waals surface area contributed by atoms with Crippen LogP contribution in [-0.4, -0.2) is 19.2 Å². The van der Waals surface area contributed by atoms with Crippen LogP contribution in [0.25, 0.3) is 0 Å². The fraction of sp³-hybridized carbons (Fsp3) is 0.267. The van der Waals surface area contributed by atoms with Crippen LogP contribution in [0, 0.1) is 0 Å². The SMILES string of the molecule is COC1(c2ccccc2)N=NC(OC)(c2ccccn2)N1. The molecule has 1 aliphatic rings. The van der Waals surface area contributed by atoms with E-state index in [1.807, 2.05) is 48.5 Å². The Kier molecular flexibility index (Phi) is 3.50. The molecular formula is C15H16N4O2. The normalized spacial score (nSPS) is 27.9. The van der Waals surface area contributed by atoms with Gasteiger partial charge in [-0.25, -0.2) is 5.32 Å². The van der Waals surface area contributed by atoms with E-state index in [2.05, 4.69) is 20.5 Å². The van der Waals surface area contributed by atoms with Crippen LogP contribution in [0.5, 0.6) is 0 Å². The van der Waals surface area contributed by atoms with Crippen LogP contribution >= 0.6 is 0 Å². The fourth-order valence-corrected chi connectivity index (χ4v) is 2.30. The van der Waals surface area contributed by atoms with E-state index in [0.29, 0.717) is 5.69 Å². The molecule has 3 rings (SSSR count). The van der Waals surface area contributed by atoms with Gasteiger partial charge in [-0.15, -0.1) is 10.2 Å². The van der Waals surface area contributed by atoms with Crippen LogP contribution in [0.1, 0.15) is 11.3 Å². The minimum absolute atomic E-state index is 0.617. The van der Waals surface area contributed by atoms with Gasteiger partial charge in [-0.1, -0.05) is 36.4 Å². The van der Waals surface area contributed by atoms with Gasteiger partial charge in [0.25, 0.3) is 11.7 Å². The molecule has 1 aliphatic heterocycles. The minimum Gasteiger partial charge on any atom is -0.340 e. The zero-order valence-electron chi connectivity index (χ0n) is 11.9. The second kappa shape index (κ2) is 5.33. The van der Waals surface area contributed by atoms with Crippen LogP contribution in [0.4, 0.5) is 0 Å². The Hall–Kier alpha value is -2.15. The van der Waals surface area contributed by atoms with E-state index in [0.717, 1.165) is 5.56 Å². The number of hydrogen-bond donors (Lipinski definition) is 1. The highest BCUT2D eigenvalue weighted by atomic mass is 16.6. The molecule has 6 nitrogen and oxygen atoms in total. The Bertz CT molecular complexity index is 579. The van der Waals surface area contributed by atoms with Crippen molar-refractivity contribution in [1.29, 1.82) is 0 Å². The predicted octanol–water partition coefficient (Wildman–Crippen LogP) is 2.35. The van der Waals surface area contributed by atoms with Crippen molar-refractivity contribution in [3.8, 4) is 0 Å². The maximum Gasteiger partial charge on any atom is 0.283 e. The van der Waals surface area contributed by atoms with Crippen molar-refractivity contribution in [3.05, 3.63) is 66.0 Å². The van der Waals surface area contributed by atoms with Gasteiger partial charge in [0.2, 0.25) is 0 Å². The lowest BCUT2D eigenvalue weighted by molar-refractivity contribution is -0.108. The predicted molar refractivity (Wildman–Crippen MR) is 76.0 cm³/mol. The van der Waals surface area contributed by atoms with Crippen molar-refractivity contribution in [2.45, 2.75) is 11.7 Å². The fourth-order valence-electron chi connectivity index (χ4n) is 2.30. The lowest BCUT2D eigenvalue weighted by Crippen LogP contribution is -2.50. The summed E-state index contributed by atoms with van der Waals surface area (Å²) in [5.74, 6) is -2.25. The Labute approximate surface area is 122 Å². The van der Waals surface area contributed by atoms with E-state index in [1.54, 1.807) is 20.4 Å². The summed E-state index contributed by atoms with van der Waals surface area (Å²) < 4.78 is 11.1. The molecule has 1 aromatic carbocycles. The first-order valence-electron chi connectivity index (χ1n) is 6.55. The zero-order chi connectivity index (χ0) is 14.8. The second-order valence-electron chi connectivity index (χ2n) is 4.60. The van der Waals surface area contributed by atoms with Crippen molar-refractivity contribution in [2.75, 3.05) is 14.2 Å². The van der Waals surface area contributed by atoms with E-state index >= 15 is 0 Å². The summed E-state index contributed by atoms with van der Waals surface area (Å²) in [6, 6.07) is 15.1. The number of nitrogens with one attached hydrogen (secondary N) is 1. The summed E-state index contributed by atoms with van der Waals surface area (Å²) in [4.78, 5) is 4.30. The van der Waals surface area contributed by atoms with Gasteiger partial charge < -0.3 is 9.47 Å². The highest BCUT2D eigenvalue weighted by Crippen LogP contribution is 2.38. The van der Waals surface area contributed by atoms with E-state index in [9.17, 15) is 0 Å². The van der Waals surface area contributed by atoms with E-state index in [4.69, 9.17) is 9.47 Å². The third-order valence-electron chi connectivity index (χ3n) is 3.44. The molecule has 1 aromatic heterocycles. The molecule has 1 N–H and O–H groups in total. The molecule has 2 heterocycles. The first-order chi connectivity index (χ1) is 10.2. The number of aromatic nitrogens is 1. The largest absolute Gasteiger partial charge is 0.340 e. The first kappa shape index (κ1) is 13.8. The van der Waals surface area contributed by atoms with Crippen molar-refractivity contribution in [3.63, 3.8) is 0 Å². The molecule has 0 saturated heterocycles. The third kappa shape index (κ3) is 2.23. The molecule has 0 bridgehead atoms. The van der Waals surface area contributed by atoms with Gasteiger partial charge in [-0.05, 0) is 12.1 Å². The van der Waals surface area contributed by atoms with Gasteiger partial charge in [0.05, 0.1) is 0 Å². The maximum atomic E-state index is 5.58. The monoisotopic (exact) mass is 284 g/mol. The van der Waals surface area contributed by atoms with Crippen LogP contribution in [0.3, 0.4) is 0 Å². The Morgan fingerprint density at radius 3 is 2.14 bits per heavy atom. The molecule has 108 valence electrons. The lowest BCUT2D eigenvalue weighted by Gasteiger charge is -2.30. The summed E-state index contributed by atoms with van der Waals surface area (Å²) in [6.07, 6.45) is 1.68. The average Bonchev–Trinajstić information content (AvgIpc) is 2.98. The maximum absolute atomic E-state index is 5.58. The number of hydrogen-bond acceptors (Lipinski definition) is 6. The second-order valence-corrected chi connectivity index (χ2v) is 4.60. The number of azo groups is 1. The van der Waals surface area contributed by atoms with Gasteiger partial charge in [0.15, 0.2) is 0 Å². The molecule has 21 heavy (non-hydrogen) atoms. The number of nitrogens with zero attached hydrogens (tertiary/aromatic N) is 3. The lowest BCUT2D eigenvalue weighted by atomic mass is 10.1. The van der Waals surface area contributed by atoms with Crippen LogP contribution in [0.15, 0.2) is 65.0 Å². The summed E-state index contributed by atoms with van der Waals surface area (Å²) in [6.45, 7) is 0. The van der Waals surface area contributed by atoms with Gasteiger partial charge in [0.1, 0.15) is 5.69 Å². The molecule has 0 amide bonds. The van der Waals surface area contributed by atoms with E-state index in [-0.39, 0.29) is 0 Å². The van der Waals surface area contributed by atoms with Gasteiger partial charge >= 0.3 is 0 Å². The number of benzene rings is 1. The van der Waals surface area contributed by atoms with Gasteiger partial charge in [-0.2, -0.15) is 0 Å².